The monoisotopic (exact) mass is 296 g/mol. The lowest BCUT2D eigenvalue weighted by atomic mass is 9.85. The van der Waals surface area contributed by atoms with Gasteiger partial charge in [0.25, 0.3) is 0 Å². The molecule has 0 aliphatic heterocycles. The van der Waals surface area contributed by atoms with E-state index in [4.69, 9.17) is 4.74 Å². The molecule has 2 rings (SSSR count). The number of carbonyl (C=O) groups excluding carboxylic acids is 1. The van der Waals surface area contributed by atoms with E-state index in [-0.39, 0.29) is 5.97 Å². The van der Waals surface area contributed by atoms with Gasteiger partial charge in [-0.15, -0.1) is 0 Å². The van der Waals surface area contributed by atoms with Crippen LogP contribution in [0.5, 0.6) is 5.75 Å². The van der Waals surface area contributed by atoms with Gasteiger partial charge in [0.05, 0.1) is 0 Å². The molecule has 116 valence electrons. The van der Waals surface area contributed by atoms with Gasteiger partial charge < -0.3 is 4.74 Å². The first kappa shape index (κ1) is 16.3. The van der Waals surface area contributed by atoms with Crippen molar-refractivity contribution < 1.29 is 9.53 Å². The molecule has 22 heavy (non-hydrogen) atoms. The highest BCUT2D eigenvalue weighted by atomic mass is 16.5. The smallest absolute Gasteiger partial charge is 0.308 e. The Labute approximate surface area is 133 Å². The molecule has 0 aliphatic rings. The van der Waals surface area contributed by atoms with Crippen LogP contribution in [0.1, 0.15) is 56.6 Å². The molecule has 0 aliphatic carbocycles. The maximum Gasteiger partial charge on any atom is 0.308 e. The topological polar surface area (TPSA) is 26.3 Å². The van der Waals surface area contributed by atoms with Gasteiger partial charge >= 0.3 is 5.97 Å². The van der Waals surface area contributed by atoms with Gasteiger partial charge in [-0.2, -0.15) is 0 Å². The fraction of sp³-hybridized carbons (Fsp3) is 0.350. The summed E-state index contributed by atoms with van der Waals surface area (Å²) in [6.07, 6.45) is 2.26. The van der Waals surface area contributed by atoms with Crippen molar-refractivity contribution >= 4 is 5.97 Å². The Morgan fingerprint density at radius 1 is 1.00 bits per heavy atom. The van der Waals surface area contributed by atoms with Gasteiger partial charge in [-0.3, -0.25) is 4.79 Å². The van der Waals surface area contributed by atoms with Crippen molar-refractivity contribution in [3.8, 4) is 5.75 Å². The molecule has 2 atom stereocenters. The van der Waals surface area contributed by atoms with Gasteiger partial charge in [-0.25, -0.2) is 0 Å². The maximum absolute atomic E-state index is 11.0. The molecule has 2 aromatic rings. The Morgan fingerprint density at radius 2 is 1.64 bits per heavy atom. The van der Waals surface area contributed by atoms with Crippen LogP contribution >= 0.6 is 0 Å². The molecule has 0 aromatic heterocycles. The van der Waals surface area contributed by atoms with Gasteiger partial charge in [-0.1, -0.05) is 56.3 Å². The van der Waals surface area contributed by atoms with Crippen molar-refractivity contribution in [1.29, 1.82) is 0 Å². The SMILES string of the molecule is CCC(CC(C)c1ccc(OC(C)=O)cc1)c1ccccc1. The number of hydrogen-bond donors (Lipinski definition) is 0. The Morgan fingerprint density at radius 3 is 2.18 bits per heavy atom. The molecule has 0 bridgehead atoms. The van der Waals surface area contributed by atoms with Crippen LogP contribution in [0.15, 0.2) is 54.6 Å². The van der Waals surface area contributed by atoms with Crippen LogP contribution in [0.2, 0.25) is 0 Å². The van der Waals surface area contributed by atoms with Gasteiger partial charge in [0.1, 0.15) is 5.75 Å². The largest absolute Gasteiger partial charge is 0.427 e. The Balaban J connectivity index is 2.04. The minimum Gasteiger partial charge on any atom is -0.427 e. The minimum absolute atomic E-state index is 0.282. The van der Waals surface area contributed by atoms with Gasteiger partial charge in [0.15, 0.2) is 0 Å². The predicted octanol–water partition coefficient (Wildman–Crippen LogP) is 5.30. The van der Waals surface area contributed by atoms with E-state index in [1.54, 1.807) is 0 Å². The first-order valence-electron chi connectivity index (χ1n) is 7.93. The summed E-state index contributed by atoms with van der Waals surface area (Å²) in [5.41, 5.74) is 2.69. The second kappa shape index (κ2) is 7.79. The molecule has 0 fully saturated rings. The van der Waals surface area contributed by atoms with Crippen molar-refractivity contribution in [1.82, 2.24) is 0 Å². The van der Waals surface area contributed by atoms with Crippen molar-refractivity contribution in [3.05, 3.63) is 65.7 Å². The predicted molar refractivity (Wildman–Crippen MR) is 90.3 cm³/mol. The van der Waals surface area contributed by atoms with E-state index in [0.29, 0.717) is 17.6 Å². The molecule has 2 heteroatoms. The lowest BCUT2D eigenvalue weighted by Crippen LogP contribution is -2.04. The summed E-state index contributed by atoms with van der Waals surface area (Å²) in [4.78, 5) is 11.0. The van der Waals surface area contributed by atoms with Crippen LogP contribution in [-0.4, -0.2) is 5.97 Å². The molecule has 2 unspecified atom stereocenters. The Hall–Kier alpha value is -2.09. The second-order valence-corrected chi connectivity index (χ2v) is 5.82. The molecular formula is C20H24O2. The summed E-state index contributed by atoms with van der Waals surface area (Å²) in [6, 6.07) is 18.6. The third-order valence-corrected chi connectivity index (χ3v) is 4.11. The summed E-state index contributed by atoms with van der Waals surface area (Å²) in [7, 11) is 0. The molecule has 0 amide bonds. The van der Waals surface area contributed by atoms with Crippen LogP contribution in [0.3, 0.4) is 0 Å². The average Bonchev–Trinajstić information content (AvgIpc) is 2.53. The lowest BCUT2D eigenvalue weighted by molar-refractivity contribution is -0.131. The fourth-order valence-electron chi connectivity index (χ4n) is 2.86. The van der Waals surface area contributed by atoms with E-state index in [0.717, 1.165) is 12.8 Å². The summed E-state index contributed by atoms with van der Waals surface area (Å²) in [6.45, 7) is 5.92. The zero-order valence-electron chi connectivity index (χ0n) is 13.6. The van der Waals surface area contributed by atoms with E-state index >= 15 is 0 Å². The number of carbonyl (C=O) groups is 1. The molecule has 0 spiro atoms. The third kappa shape index (κ3) is 4.45. The average molecular weight is 296 g/mol. The summed E-state index contributed by atoms with van der Waals surface area (Å²) >= 11 is 0. The standard InChI is InChI=1S/C20H24O2/c1-4-17(19-8-6-5-7-9-19)14-15(2)18-10-12-20(13-11-18)22-16(3)21/h5-13,15,17H,4,14H2,1-3H3. The Bertz CT molecular complexity index is 587. The second-order valence-electron chi connectivity index (χ2n) is 5.82. The Kier molecular flexibility index (Phi) is 5.76. The highest BCUT2D eigenvalue weighted by Crippen LogP contribution is 2.32. The first-order valence-corrected chi connectivity index (χ1v) is 7.93. The zero-order valence-corrected chi connectivity index (χ0v) is 13.6. The van der Waals surface area contributed by atoms with E-state index in [1.807, 2.05) is 12.1 Å². The highest BCUT2D eigenvalue weighted by molar-refractivity contribution is 5.69. The molecule has 2 aromatic carbocycles. The number of ether oxygens (including phenoxy) is 1. The molecule has 0 radical (unpaired) electrons. The van der Waals surface area contributed by atoms with E-state index in [2.05, 4.69) is 56.3 Å². The van der Waals surface area contributed by atoms with Crippen LogP contribution < -0.4 is 4.74 Å². The summed E-state index contributed by atoms with van der Waals surface area (Å²) in [5.74, 6) is 1.37. The van der Waals surface area contributed by atoms with Crippen molar-refractivity contribution in [3.63, 3.8) is 0 Å². The summed E-state index contributed by atoms with van der Waals surface area (Å²) < 4.78 is 5.08. The van der Waals surface area contributed by atoms with Crippen molar-refractivity contribution in [2.75, 3.05) is 0 Å². The van der Waals surface area contributed by atoms with Gasteiger partial charge in [0.2, 0.25) is 0 Å². The zero-order chi connectivity index (χ0) is 15.9. The van der Waals surface area contributed by atoms with Gasteiger partial charge in [0, 0.05) is 6.92 Å². The molecule has 0 saturated carbocycles. The van der Waals surface area contributed by atoms with Crippen molar-refractivity contribution in [2.45, 2.75) is 45.4 Å². The molecular weight excluding hydrogens is 272 g/mol. The van der Waals surface area contributed by atoms with Crippen LogP contribution in [0, 0.1) is 0 Å². The number of esters is 1. The van der Waals surface area contributed by atoms with E-state index < -0.39 is 0 Å². The van der Waals surface area contributed by atoms with Crippen LogP contribution in [-0.2, 0) is 4.79 Å². The summed E-state index contributed by atoms with van der Waals surface area (Å²) in [5, 5.41) is 0. The van der Waals surface area contributed by atoms with E-state index in [9.17, 15) is 4.79 Å². The number of rotatable bonds is 6. The fourth-order valence-corrected chi connectivity index (χ4v) is 2.86. The van der Waals surface area contributed by atoms with Gasteiger partial charge in [-0.05, 0) is 47.9 Å². The number of hydrogen-bond acceptors (Lipinski definition) is 2. The first-order chi connectivity index (χ1) is 10.6. The lowest BCUT2D eigenvalue weighted by Gasteiger charge is -2.20. The van der Waals surface area contributed by atoms with Crippen LogP contribution in [0.25, 0.3) is 0 Å². The minimum atomic E-state index is -0.282. The van der Waals surface area contributed by atoms with Crippen LogP contribution in [0.4, 0.5) is 0 Å². The maximum atomic E-state index is 11.0. The number of benzene rings is 2. The quantitative estimate of drug-likeness (QED) is 0.534. The third-order valence-electron chi connectivity index (χ3n) is 4.11. The molecule has 0 N–H and O–H groups in total. The molecule has 0 heterocycles. The normalized spacial score (nSPS) is 13.4. The van der Waals surface area contributed by atoms with E-state index in [1.165, 1.54) is 18.1 Å². The highest BCUT2D eigenvalue weighted by Gasteiger charge is 2.15. The molecule has 2 nitrogen and oxygen atoms in total. The van der Waals surface area contributed by atoms with Crippen molar-refractivity contribution in [2.24, 2.45) is 0 Å². The molecule has 0 saturated heterocycles.